The fourth-order valence-corrected chi connectivity index (χ4v) is 6.86. The molecule has 0 aliphatic carbocycles. The molecule has 0 aromatic heterocycles. The van der Waals surface area contributed by atoms with Crippen molar-refractivity contribution in [2.45, 2.75) is 57.2 Å². The second-order valence-corrected chi connectivity index (χ2v) is 10.9. The number of hydrogen-bond acceptors (Lipinski definition) is 4. The maximum Gasteiger partial charge on any atom is 0.269 e. The highest BCUT2D eigenvalue weighted by Gasteiger charge is 2.65. The molecule has 0 N–H and O–H groups in total. The van der Waals surface area contributed by atoms with Gasteiger partial charge in [0.05, 0.1) is 23.1 Å². The van der Waals surface area contributed by atoms with Gasteiger partial charge in [-0.25, -0.2) is 0 Å². The summed E-state index contributed by atoms with van der Waals surface area (Å²) in [6.07, 6.45) is 2.15. The van der Waals surface area contributed by atoms with Gasteiger partial charge in [0.15, 0.2) is 0 Å². The van der Waals surface area contributed by atoms with E-state index < -0.39 is 10.4 Å². The summed E-state index contributed by atoms with van der Waals surface area (Å²) in [6.45, 7) is 12.7. The predicted molar refractivity (Wildman–Crippen MR) is 130 cm³/mol. The van der Waals surface area contributed by atoms with Gasteiger partial charge in [-0.05, 0) is 83.0 Å². The van der Waals surface area contributed by atoms with Gasteiger partial charge in [-0.1, -0.05) is 12.1 Å². The van der Waals surface area contributed by atoms with Crippen molar-refractivity contribution in [2.24, 2.45) is 0 Å². The van der Waals surface area contributed by atoms with Crippen LogP contribution >= 0.6 is 11.8 Å². The molecular weight excluding hydrogens is 420 g/mol. The summed E-state index contributed by atoms with van der Waals surface area (Å²) < 4.78 is 5.59. The number of carbonyl (C=O) groups is 2. The number of anilines is 2. The summed E-state index contributed by atoms with van der Waals surface area (Å²) in [5.74, 6) is 0.643. The first-order valence-electron chi connectivity index (χ1n) is 11.1. The number of aryl methyl sites for hydroxylation is 1. The standard InChI is InChI=1S/C26H28N2O3S/c1-7-31-19-10-8-18(9-11-19)27-23(29)17(4)32-26(27)21-13-15(2)12-20-16(3)14-25(5,6)28(22(20)21)24(26)30/h8-14,17H,7H2,1-6H3/t17-,26+/m0/s1. The van der Waals surface area contributed by atoms with E-state index in [0.717, 1.165) is 33.7 Å². The Morgan fingerprint density at radius 2 is 1.75 bits per heavy atom. The van der Waals surface area contributed by atoms with Crippen LogP contribution in [0.5, 0.6) is 5.75 Å². The molecule has 3 aliphatic heterocycles. The molecule has 6 heteroatoms. The van der Waals surface area contributed by atoms with E-state index >= 15 is 0 Å². The average Bonchev–Trinajstić information content (AvgIpc) is 3.13. The van der Waals surface area contributed by atoms with Crippen molar-refractivity contribution in [3.8, 4) is 5.75 Å². The largest absolute Gasteiger partial charge is 0.494 e. The average molecular weight is 449 g/mol. The van der Waals surface area contributed by atoms with E-state index in [0.29, 0.717) is 12.3 Å². The van der Waals surface area contributed by atoms with Gasteiger partial charge in [-0.3, -0.25) is 19.4 Å². The quantitative estimate of drug-likeness (QED) is 0.643. The van der Waals surface area contributed by atoms with Crippen LogP contribution < -0.4 is 14.5 Å². The van der Waals surface area contributed by atoms with Crippen LogP contribution in [0.1, 0.15) is 51.3 Å². The maximum absolute atomic E-state index is 14.3. The number of rotatable bonds is 3. The Bertz CT molecular complexity index is 1180. The van der Waals surface area contributed by atoms with Gasteiger partial charge >= 0.3 is 0 Å². The van der Waals surface area contributed by atoms with Crippen LogP contribution in [-0.4, -0.2) is 29.2 Å². The molecular formula is C26H28N2O3S. The molecule has 3 aliphatic rings. The molecule has 2 amide bonds. The molecule has 0 saturated carbocycles. The van der Waals surface area contributed by atoms with Crippen LogP contribution in [-0.2, 0) is 14.5 Å². The molecule has 1 spiro atoms. The van der Waals surface area contributed by atoms with Crippen molar-refractivity contribution >= 4 is 40.5 Å². The van der Waals surface area contributed by atoms with Crippen molar-refractivity contribution in [1.82, 2.24) is 0 Å². The topological polar surface area (TPSA) is 49.9 Å². The van der Waals surface area contributed by atoms with Gasteiger partial charge in [0.2, 0.25) is 10.8 Å². The van der Waals surface area contributed by atoms with E-state index in [9.17, 15) is 9.59 Å². The summed E-state index contributed by atoms with van der Waals surface area (Å²) in [4.78, 5) is 30.4. The molecule has 32 heavy (non-hydrogen) atoms. The smallest absolute Gasteiger partial charge is 0.269 e. The lowest BCUT2D eigenvalue weighted by Crippen LogP contribution is -2.55. The first-order valence-corrected chi connectivity index (χ1v) is 11.9. The Balaban J connectivity index is 1.77. The molecule has 2 aromatic carbocycles. The molecule has 0 unspecified atom stereocenters. The highest BCUT2D eigenvalue weighted by Crippen LogP contribution is 2.61. The van der Waals surface area contributed by atoms with Gasteiger partial charge in [0, 0.05) is 16.8 Å². The molecule has 2 aromatic rings. The van der Waals surface area contributed by atoms with Gasteiger partial charge < -0.3 is 4.74 Å². The first kappa shape index (κ1) is 21.1. The third kappa shape index (κ3) is 2.65. The number of fused-ring (bicyclic) bond motifs is 1. The van der Waals surface area contributed by atoms with E-state index in [1.165, 1.54) is 11.8 Å². The minimum absolute atomic E-state index is 0.0508. The second kappa shape index (κ2) is 6.88. The minimum Gasteiger partial charge on any atom is -0.494 e. The Hall–Kier alpha value is -2.73. The molecule has 2 atom stereocenters. The lowest BCUT2D eigenvalue weighted by molar-refractivity contribution is -0.124. The summed E-state index contributed by atoms with van der Waals surface area (Å²) in [5, 5.41) is -0.333. The molecule has 1 saturated heterocycles. The fourth-order valence-electron chi connectivity index (χ4n) is 5.36. The lowest BCUT2D eigenvalue weighted by Gasteiger charge is -2.40. The van der Waals surface area contributed by atoms with Crippen molar-refractivity contribution < 1.29 is 14.3 Å². The van der Waals surface area contributed by atoms with Gasteiger partial charge in [-0.15, -0.1) is 11.8 Å². The molecule has 1 fully saturated rings. The molecule has 5 rings (SSSR count). The molecule has 3 heterocycles. The second-order valence-electron chi connectivity index (χ2n) is 9.33. The normalized spacial score (nSPS) is 25.4. The number of hydrogen-bond donors (Lipinski definition) is 0. The zero-order valence-electron chi connectivity index (χ0n) is 19.4. The number of ether oxygens (including phenoxy) is 1. The zero-order valence-corrected chi connectivity index (χ0v) is 20.2. The van der Waals surface area contributed by atoms with E-state index in [1.54, 1.807) is 4.90 Å². The number of nitrogens with zero attached hydrogens (tertiary/aromatic N) is 2. The van der Waals surface area contributed by atoms with Crippen LogP contribution in [0.3, 0.4) is 0 Å². The Morgan fingerprint density at radius 3 is 2.41 bits per heavy atom. The summed E-state index contributed by atoms with van der Waals surface area (Å²) in [6, 6.07) is 11.7. The highest BCUT2D eigenvalue weighted by atomic mass is 32.2. The van der Waals surface area contributed by atoms with Crippen LogP contribution in [0, 0.1) is 6.92 Å². The van der Waals surface area contributed by atoms with Crippen molar-refractivity contribution in [2.75, 3.05) is 16.4 Å². The van der Waals surface area contributed by atoms with Gasteiger partial charge in [0.1, 0.15) is 5.75 Å². The third-order valence-corrected chi connectivity index (χ3v) is 8.02. The molecule has 0 bridgehead atoms. The van der Waals surface area contributed by atoms with Gasteiger partial charge in [0.25, 0.3) is 5.91 Å². The Kier molecular flexibility index (Phi) is 4.55. The summed E-state index contributed by atoms with van der Waals surface area (Å²) >= 11 is 1.45. The maximum atomic E-state index is 14.3. The van der Waals surface area contributed by atoms with E-state index in [4.69, 9.17) is 4.74 Å². The molecule has 166 valence electrons. The van der Waals surface area contributed by atoms with E-state index in [-0.39, 0.29) is 17.1 Å². The van der Waals surface area contributed by atoms with E-state index in [2.05, 4.69) is 45.9 Å². The lowest BCUT2D eigenvalue weighted by atomic mass is 9.88. The predicted octanol–water partition coefficient (Wildman–Crippen LogP) is 5.26. The van der Waals surface area contributed by atoms with Crippen molar-refractivity contribution in [1.29, 1.82) is 0 Å². The van der Waals surface area contributed by atoms with E-state index in [1.807, 2.05) is 43.0 Å². The highest BCUT2D eigenvalue weighted by molar-refractivity contribution is 8.03. The van der Waals surface area contributed by atoms with Crippen LogP contribution in [0.2, 0.25) is 0 Å². The zero-order chi connectivity index (χ0) is 23.0. The van der Waals surface area contributed by atoms with Crippen molar-refractivity contribution in [3.63, 3.8) is 0 Å². The SMILES string of the molecule is CCOc1ccc(N2C(=O)[C@H](C)S[C@]23C(=O)N2c4c(cc(C)cc43)C(C)=CC2(C)C)cc1. The number of thioether (sulfide) groups is 1. The Morgan fingerprint density at radius 1 is 1.06 bits per heavy atom. The molecule has 0 radical (unpaired) electrons. The number of carbonyl (C=O) groups excluding carboxylic acids is 2. The third-order valence-electron chi connectivity index (χ3n) is 6.54. The fraction of sp³-hybridized carbons (Fsp3) is 0.385. The molecule has 5 nitrogen and oxygen atoms in total. The number of amides is 2. The first-order chi connectivity index (χ1) is 15.1. The number of allylic oxidation sites excluding steroid dienone is 1. The number of benzene rings is 2. The monoisotopic (exact) mass is 448 g/mol. The minimum atomic E-state index is -1.12. The van der Waals surface area contributed by atoms with Gasteiger partial charge in [-0.2, -0.15) is 0 Å². The van der Waals surface area contributed by atoms with Crippen LogP contribution in [0.25, 0.3) is 5.57 Å². The van der Waals surface area contributed by atoms with Crippen LogP contribution in [0.15, 0.2) is 42.5 Å². The summed E-state index contributed by atoms with van der Waals surface area (Å²) in [5.41, 5.74) is 5.39. The Labute approximate surface area is 193 Å². The summed E-state index contributed by atoms with van der Waals surface area (Å²) in [7, 11) is 0. The van der Waals surface area contributed by atoms with Crippen LogP contribution in [0.4, 0.5) is 11.4 Å². The van der Waals surface area contributed by atoms with Crippen molar-refractivity contribution in [3.05, 3.63) is 59.2 Å².